The molecule has 38 heavy (non-hydrogen) atoms. The van der Waals surface area contributed by atoms with Crippen molar-refractivity contribution in [2.75, 3.05) is 17.8 Å². The van der Waals surface area contributed by atoms with Crippen molar-refractivity contribution >= 4 is 48.1 Å². The Balaban J connectivity index is 2.10. The number of phenols is 1. The average molecular weight is 563 g/mol. The van der Waals surface area contributed by atoms with Crippen LogP contribution in [0.3, 0.4) is 0 Å². The van der Waals surface area contributed by atoms with Crippen molar-refractivity contribution in [1.82, 2.24) is 16.0 Å². The molecule has 0 bridgehead atoms. The maximum Gasteiger partial charge on any atom is 0.326 e. The van der Waals surface area contributed by atoms with Gasteiger partial charge in [-0.3, -0.25) is 14.4 Å². The molecule has 0 heterocycles. The molecule has 0 aliphatic carbocycles. The maximum atomic E-state index is 13.1. The molecule has 2 rings (SSSR count). The highest BCUT2D eigenvalue weighted by Gasteiger charge is 2.30. The molecule has 0 aliphatic heterocycles. The zero-order valence-electron chi connectivity index (χ0n) is 21.0. The summed E-state index contributed by atoms with van der Waals surface area (Å²) in [5, 5.41) is 26.6. The highest BCUT2D eigenvalue weighted by Crippen LogP contribution is 2.11. The molecule has 0 saturated heterocycles. The summed E-state index contributed by atoms with van der Waals surface area (Å²) >= 11 is 5.64. The summed E-state index contributed by atoms with van der Waals surface area (Å²) in [6.45, 7) is 0. The molecule has 2 aromatic rings. The van der Waals surface area contributed by atoms with E-state index in [2.05, 4.69) is 28.6 Å². The van der Waals surface area contributed by atoms with Crippen LogP contribution in [-0.2, 0) is 32.0 Å². The molecule has 0 aromatic heterocycles. The number of carbonyl (C=O) groups excluding carboxylic acids is 3. The number of amides is 3. The molecule has 12 heteroatoms. The minimum absolute atomic E-state index is 0.0609. The number of thiol groups is 1. The van der Waals surface area contributed by atoms with E-state index in [1.165, 1.54) is 23.9 Å². The van der Waals surface area contributed by atoms with Crippen LogP contribution in [0.25, 0.3) is 0 Å². The molecular formula is C26H34N4O6S2. The van der Waals surface area contributed by atoms with Gasteiger partial charge in [0.15, 0.2) is 0 Å². The largest absolute Gasteiger partial charge is 0.508 e. The Bertz CT molecular complexity index is 1070. The zero-order valence-corrected chi connectivity index (χ0v) is 22.7. The number of carbonyl (C=O) groups is 4. The summed E-state index contributed by atoms with van der Waals surface area (Å²) in [6.07, 6.45) is 2.35. The number of hydrogen-bond donors (Lipinski definition) is 7. The second-order valence-corrected chi connectivity index (χ2v) is 10.0. The van der Waals surface area contributed by atoms with Gasteiger partial charge in [-0.25, -0.2) is 4.79 Å². The van der Waals surface area contributed by atoms with Gasteiger partial charge >= 0.3 is 5.97 Å². The normalized spacial score (nSPS) is 14.0. The first-order chi connectivity index (χ1) is 18.1. The van der Waals surface area contributed by atoms with Crippen LogP contribution in [0.15, 0.2) is 54.6 Å². The monoisotopic (exact) mass is 562 g/mol. The predicted molar refractivity (Wildman–Crippen MR) is 150 cm³/mol. The molecular weight excluding hydrogens is 528 g/mol. The third-order valence-electron chi connectivity index (χ3n) is 5.69. The Morgan fingerprint density at radius 2 is 1.39 bits per heavy atom. The number of phenolic OH excluding ortho intramolecular Hbond substituents is 1. The summed E-state index contributed by atoms with van der Waals surface area (Å²) in [5.41, 5.74) is 7.50. The molecule has 0 saturated carbocycles. The van der Waals surface area contributed by atoms with Gasteiger partial charge in [0, 0.05) is 12.2 Å². The second-order valence-electron chi connectivity index (χ2n) is 8.65. The predicted octanol–water partition coefficient (Wildman–Crippen LogP) is 0.727. The van der Waals surface area contributed by atoms with E-state index < -0.39 is 47.9 Å². The number of hydrogen-bond acceptors (Lipinski definition) is 8. The highest BCUT2D eigenvalue weighted by atomic mass is 32.2. The zero-order chi connectivity index (χ0) is 28.1. The third kappa shape index (κ3) is 10.3. The van der Waals surface area contributed by atoms with E-state index in [1.54, 1.807) is 36.4 Å². The van der Waals surface area contributed by atoms with Crippen molar-refractivity contribution in [3.63, 3.8) is 0 Å². The van der Waals surface area contributed by atoms with Crippen molar-refractivity contribution in [1.29, 1.82) is 0 Å². The maximum absolute atomic E-state index is 13.1. The third-order valence-corrected chi connectivity index (χ3v) is 6.69. The van der Waals surface area contributed by atoms with Gasteiger partial charge in [-0.15, -0.1) is 0 Å². The van der Waals surface area contributed by atoms with E-state index in [0.29, 0.717) is 5.75 Å². The number of carboxylic acid groups (broad SMARTS) is 1. The fraction of sp³-hybridized carbons (Fsp3) is 0.385. The summed E-state index contributed by atoms with van der Waals surface area (Å²) in [6, 6.07) is 11.0. The van der Waals surface area contributed by atoms with Crippen LogP contribution in [0, 0.1) is 0 Å². The van der Waals surface area contributed by atoms with Crippen LogP contribution >= 0.6 is 24.4 Å². The number of aliphatic carboxylic acids is 1. The van der Waals surface area contributed by atoms with Gasteiger partial charge in [-0.2, -0.15) is 24.4 Å². The summed E-state index contributed by atoms with van der Waals surface area (Å²) in [5.74, 6) is -2.49. The molecule has 0 aliphatic rings. The number of benzene rings is 2. The van der Waals surface area contributed by atoms with Gasteiger partial charge in [0.1, 0.15) is 23.9 Å². The van der Waals surface area contributed by atoms with Crippen LogP contribution in [0.2, 0.25) is 0 Å². The second kappa shape index (κ2) is 15.9. The van der Waals surface area contributed by atoms with Gasteiger partial charge in [0.2, 0.25) is 17.7 Å². The molecule has 4 atom stereocenters. The number of rotatable bonds is 15. The van der Waals surface area contributed by atoms with Crippen LogP contribution in [0.1, 0.15) is 17.5 Å². The smallest absolute Gasteiger partial charge is 0.326 e. The molecule has 3 amide bonds. The summed E-state index contributed by atoms with van der Waals surface area (Å²) in [4.78, 5) is 50.5. The summed E-state index contributed by atoms with van der Waals surface area (Å²) in [7, 11) is 0. The van der Waals surface area contributed by atoms with Crippen molar-refractivity contribution in [2.24, 2.45) is 5.73 Å². The van der Waals surface area contributed by atoms with Crippen LogP contribution in [-0.4, -0.2) is 75.8 Å². The van der Waals surface area contributed by atoms with Crippen LogP contribution < -0.4 is 21.7 Å². The fourth-order valence-corrected chi connectivity index (χ4v) is 4.28. The Kier molecular flexibility index (Phi) is 13.0. The van der Waals surface area contributed by atoms with E-state index in [1.807, 2.05) is 12.3 Å². The van der Waals surface area contributed by atoms with E-state index in [4.69, 9.17) is 5.73 Å². The van der Waals surface area contributed by atoms with Crippen LogP contribution in [0.5, 0.6) is 5.75 Å². The Hall–Kier alpha value is -3.22. The summed E-state index contributed by atoms with van der Waals surface area (Å²) < 4.78 is 0. The minimum atomic E-state index is -1.17. The van der Waals surface area contributed by atoms with E-state index in [0.717, 1.165) is 11.1 Å². The van der Waals surface area contributed by atoms with E-state index in [-0.39, 0.29) is 30.8 Å². The van der Waals surface area contributed by atoms with Gasteiger partial charge < -0.3 is 31.9 Å². The van der Waals surface area contributed by atoms with Crippen LogP contribution in [0.4, 0.5) is 0 Å². The number of aromatic hydroxyl groups is 1. The quantitative estimate of drug-likeness (QED) is 0.156. The first-order valence-corrected chi connectivity index (χ1v) is 14.0. The lowest BCUT2D eigenvalue weighted by Crippen LogP contribution is -2.58. The first-order valence-electron chi connectivity index (χ1n) is 12.0. The van der Waals surface area contributed by atoms with Crippen molar-refractivity contribution in [3.8, 4) is 5.75 Å². The molecule has 0 fully saturated rings. The van der Waals surface area contributed by atoms with Crippen molar-refractivity contribution in [3.05, 3.63) is 65.7 Å². The number of carboxylic acids is 1. The molecule has 0 radical (unpaired) electrons. The standard InChI is InChI=1S/C26H34N4O6S2/c1-38-12-11-20(26(35)36)28-24(33)21(14-16-5-3-2-4-6-16)29-25(34)22(15-37)30-23(32)19(27)13-17-7-9-18(31)10-8-17/h2-10,19-22,31,37H,11-15,27H2,1H3,(H,28,33)(H,29,34)(H,30,32)(H,35,36). The lowest BCUT2D eigenvalue weighted by Gasteiger charge is -2.24. The lowest BCUT2D eigenvalue weighted by atomic mass is 10.0. The van der Waals surface area contributed by atoms with E-state index in [9.17, 15) is 29.4 Å². The van der Waals surface area contributed by atoms with Gasteiger partial charge in [-0.1, -0.05) is 42.5 Å². The molecule has 0 spiro atoms. The average Bonchev–Trinajstić information content (AvgIpc) is 2.90. The first kappa shape index (κ1) is 31.0. The van der Waals surface area contributed by atoms with Gasteiger partial charge in [0.25, 0.3) is 0 Å². The van der Waals surface area contributed by atoms with E-state index >= 15 is 0 Å². The molecule has 206 valence electrons. The number of nitrogens with two attached hydrogens (primary N) is 1. The topological polar surface area (TPSA) is 171 Å². The van der Waals surface area contributed by atoms with Crippen molar-refractivity contribution < 1.29 is 29.4 Å². The van der Waals surface area contributed by atoms with Crippen molar-refractivity contribution in [2.45, 2.75) is 43.4 Å². The fourth-order valence-electron chi connectivity index (χ4n) is 3.55. The highest BCUT2D eigenvalue weighted by molar-refractivity contribution is 7.98. The lowest BCUT2D eigenvalue weighted by molar-refractivity contribution is -0.142. The van der Waals surface area contributed by atoms with Gasteiger partial charge in [-0.05, 0) is 48.1 Å². The Labute approximate surface area is 231 Å². The SMILES string of the molecule is CSCCC(NC(=O)C(Cc1ccccc1)NC(=O)C(CS)NC(=O)C(N)Cc1ccc(O)cc1)C(=O)O. The molecule has 7 N–H and O–H groups in total. The molecule has 2 aromatic carbocycles. The Morgan fingerprint density at radius 1 is 0.842 bits per heavy atom. The van der Waals surface area contributed by atoms with Gasteiger partial charge in [0.05, 0.1) is 6.04 Å². The molecule has 10 nitrogen and oxygen atoms in total. The number of thioether (sulfide) groups is 1. The number of nitrogens with one attached hydrogen (secondary N) is 3. The molecule has 4 unspecified atom stereocenters. The minimum Gasteiger partial charge on any atom is -0.508 e. The Morgan fingerprint density at radius 3 is 1.97 bits per heavy atom.